The predicted octanol–water partition coefficient (Wildman–Crippen LogP) is 3.57. The maximum absolute atomic E-state index is 13.4. The van der Waals surface area contributed by atoms with Crippen LogP contribution in [0.15, 0.2) is 71.4 Å². The first-order valence-corrected chi connectivity index (χ1v) is 10.6. The molecule has 0 saturated heterocycles. The van der Waals surface area contributed by atoms with Crippen molar-refractivity contribution in [3.05, 3.63) is 84.0 Å². The molecule has 0 fully saturated rings. The molecule has 1 atom stereocenters. The van der Waals surface area contributed by atoms with Crippen molar-refractivity contribution in [3.8, 4) is 22.6 Å². The van der Waals surface area contributed by atoms with E-state index in [2.05, 4.69) is 15.2 Å². The van der Waals surface area contributed by atoms with Crippen LogP contribution in [0.3, 0.4) is 0 Å². The molecule has 1 aliphatic rings. The van der Waals surface area contributed by atoms with Gasteiger partial charge in [-0.2, -0.15) is 0 Å². The highest BCUT2D eigenvalue weighted by molar-refractivity contribution is 6.01. The summed E-state index contributed by atoms with van der Waals surface area (Å²) in [5, 5.41) is 8.22. The quantitative estimate of drug-likeness (QED) is 0.525. The van der Waals surface area contributed by atoms with Gasteiger partial charge < -0.3 is 15.1 Å². The van der Waals surface area contributed by atoms with Crippen LogP contribution >= 0.6 is 0 Å². The molecule has 7 heteroatoms. The smallest absolute Gasteiger partial charge is 0.248 e. The van der Waals surface area contributed by atoms with Gasteiger partial charge in [-0.1, -0.05) is 30.3 Å². The molecule has 2 N–H and O–H groups in total. The van der Waals surface area contributed by atoms with E-state index in [1.54, 1.807) is 24.2 Å². The van der Waals surface area contributed by atoms with Crippen LogP contribution in [-0.2, 0) is 17.6 Å². The normalized spacial score (nSPS) is 13.8. The van der Waals surface area contributed by atoms with E-state index < -0.39 is 6.04 Å². The van der Waals surface area contributed by atoms with Crippen LogP contribution in [0.25, 0.3) is 22.6 Å². The second-order valence-electron chi connectivity index (χ2n) is 7.92. The zero-order valence-electron chi connectivity index (χ0n) is 17.7. The molecule has 3 heterocycles. The van der Waals surface area contributed by atoms with Crippen molar-refractivity contribution in [2.24, 2.45) is 5.73 Å². The van der Waals surface area contributed by atoms with Crippen LogP contribution < -0.4 is 10.6 Å². The lowest BCUT2D eigenvalue weighted by Crippen LogP contribution is -2.44. The van der Waals surface area contributed by atoms with E-state index >= 15 is 0 Å². The Bertz CT molecular complexity index is 1250. The average Bonchev–Trinajstić information content (AvgIpc) is 3.45. The van der Waals surface area contributed by atoms with E-state index in [1.807, 2.05) is 54.6 Å². The lowest BCUT2D eigenvalue weighted by molar-refractivity contribution is -0.119. The second-order valence-corrected chi connectivity index (χ2v) is 7.92. The number of amides is 1. The lowest BCUT2D eigenvalue weighted by Gasteiger charge is -2.22. The molecule has 0 spiro atoms. The number of aryl methyl sites for hydroxylation is 1. The standard InChI is InChI=1S/C25H23N5O2/c1-16-28-29-24(32-16)21-14-19(18-7-10-27-11-8-18)15-23-20(21)9-12-30(23)25(31)22(26)13-17-5-3-2-4-6-17/h2-8,10-11,14-15,22H,9,12-13,26H2,1H3/t22-/m1/s1. The summed E-state index contributed by atoms with van der Waals surface area (Å²) < 4.78 is 5.75. The number of aromatic nitrogens is 3. The van der Waals surface area contributed by atoms with Gasteiger partial charge in [-0.3, -0.25) is 9.78 Å². The van der Waals surface area contributed by atoms with Gasteiger partial charge in [-0.25, -0.2) is 0 Å². The summed E-state index contributed by atoms with van der Waals surface area (Å²) in [6.07, 6.45) is 4.69. The molecule has 0 bridgehead atoms. The summed E-state index contributed by atoms with van der Waals surface area (Å²) in [7, 11) is 0. The molecular formula is C25H23N5O2. The van der Waals surface area contributed by atoms with Crippen LogP contribution in [0.1, 0.15) is 17.0 Å². The summed E-state index contributed by atoms with van der Waals surface area (Å²) in [5.74, 6) is 0.864. The first-order valence-electron chi connectivity index (χ1n) is 10.6. The number of nitrogens with zero attached hydrogens (tertiary/aromatic N) is 4. The van der Waals surface area contributed by atoms with Crippen LogP contribution in [0.5, 0.6) is 0 Å². The van der Waals surface area contributed by atoms with Crippen LogP contribution in [0.2, 0.25) is 0 Å². The Kier molecular flexibility index (Phi) is 5.25. The lowest BCUT2D eigenvalue weighted by atomic mass is 9.97. The highest BCUT2D eigenvalue weighted by atomic mass is 16.4. The third-order valence-corrected chi connectivity index (χ3v) is 5.75. The van der Waals surface area contributed by atoms with Crippen molar-refractivity contribution in [1.82, 2.24) is 15.2 Å². The fraction of sp³-hybridized carbons (Fsp3) is 0.200. The van der Waals surface area contributed by atoms with Gasteiger partial charge in [-0.05, 0) is 59.4 Å². The van der Waals surface area contributed by atoms with Crippen molar-refractivity contribution < 1.29 is 9.21 Å². The number of rotatable bonds is 5. The number of hydrogen-bond donors (Lipinski definition) is 1. The van der Waals surface area contributed by atoms with E-state index in [1.165, 1.54) is 0 Å². The number of fused-ring (bicyclic) bond motifs is 1. The summed E-state index contributed by atoms with van der Waals surface area (Å²) in [4.78, 5) is 19.3. The van der Waals surface area contributed by atoms with Crippen molar-refractivity contribution >= 4 is 11.6 Å². The van der Waals surface area contributed by atoms with Crippen molar-refractivity contribution in [2.75, 3.05) is 11.4 Å². The first kappa shape index (κ1) is 20.1. The highest BCUT2D eigenvalue weighted by Crippen LogP contribution is 2.40. The third-order valence-electron chi connectivity index (χ3n) is 5.75. The molecule has 1 amide bonds. The maximum Gasteiger partial charge on any atom is 0.248 e. The van der Waals surface area contributed by atoms with Gasteiger partial charge >= 0.3 is 0 Å². The zero-order chi connectivity index (χ0) is 22.1. The Morgan fingerprint density at radius 1 is 1.09 bits per heavy atom. The van der Waals surface area contributed by atoms with Gasteiger partial charge in [0.2, 0.25) is 17.7 Å². The van der Waals surface area contributed by atoms with Gasteiger partial charge in [0.15, 0.2) is 0 Å². The molecule has 32 heavy (non-hydrogen) atoms. The van der Waals surface area contributed by atoms with Crippen molar-refractivity contribution in [2.45, 2.75) is 25.8 Å². The Balaban J connectivity index is 1.54. The van der Waals surface area contributed by atoms with Crippen molar-refractivity contribution in [1.29, 1.82) is 0 Å². The number of carbonyl (C=O) groups excluding carboxylic acids is 1. The van der Waals surface area contributed by atoms with E-state index in [0.29, 0.717) is 31.2 Å². The third kappa shape index (κ3) is 3.78. The molecule has 7 nitrogen and oxygen atoms in total. The minimum atomic E-state index is -0.623. The van der Waals surface area contributed by atoms with E-state index in [9.17, 15) is 4.79 Å². The highest BCUT2D eigenvalue weighted by Gasteiger charge is 2.32. The maximum atomic E-state index is 13.4. The number of benzene rings is 2. The van der Waals surface area contributed by atoms with E-state index in [0.717, 1.165) is 33.5 Å². The molecule has 2 aromatic heterocycles. The fourth-order valence-corrected chi connectivity index (χ4v) is 4.20. The second kappa shape index (κ2) is 8.36. The molecule has 1 aliphatic heterocycles. The number of pyridine rings is 1. The molecule has 0 saturated carbocycles. The van der Waals surface area contributed by atoms with Gasteiger partial charge in [0.1, 0.15) is 0 Å². The Morgan fingerprint density at radius 2 is 1.88 bits per heavy atom. The Morgan fingerprint density at radius 3 is 2.59 bits per heavy atom. The summed E-state index contributed by atoms with van der Waals surface area (Å²) >= 11 is 0. The zero-order valence-corrected chi connectivity index (χ0v) is 17.7. The molecule has 2 aromatic carbocycles. The van der Waals surface area contributed by atoms with Crippen molar-refractivity contribution in [3.63, 3.8) is 0 Å². The Hall–Kier alpha value is -3.84. The Labute approximate surface area is 185 Å². The van der Waals surface area contributed by atoms with Crippen LogP contribution in [-0.4, -0.2) is 33.7 Å². The summed E-state index contributed by atoms with van der Waals surface area (Å²) in [6, 6.07) is 17.2. The predicted molar refractivity (Wildman–Crippen MR) is 122 cm³/mol. The molecule has 0 aliphatic carbocycles. The molecule has 5 rings (SSSR count). The molecule has 0 radical (unpaired) electrons. The summed E-state index contributed by atoms with van der Waals surface area (Å²) in [5.41, 5.74) is 12.1. The number of hydrogen-bond acceptors (Lipinski definition) is 6. The monoisotopic (exact) mass is 425 g/mol. The van der Waals surface area contributed by atoms with Gasteiger partial charge in [0.05, 0.1) is 6.04 Å². The minimum Gasteiger partial charge on any atom is -0.421 e. The SMILES string of the molecule is Cc1nnc(-c2cc(-c3ccncc3)cc3c2CCN3C(=O)[C@H](N)Cc2ccccc2)o1. The average molecular weight is 425 g/mol. The van der Waals surface area contributed by atoms with Gasteiger partial charge in [-0.15, -0.1) is 10.2 Å². The summed E-state index contributed by atoms with van der Waals surface area (Å²) in [6.45, 7) is 2.33. The number of anilines is 1. The van der Waals surface area contributed by atoms with Gasteiger partial charge in [0.25, 0.3) is 0 Å². The molecule has 4 aromatic rings. The van der Waals surface area contributed by atoms with Crippen LogP contribution in [0, 0.1) is 6.92 Å². The van der Waals surface area contributed by atoms with Crippen LogP contribution in [0.4, 0.5) is 5.69 Å². The molecule has 0 unspecified atom stereocenters. The fourth-order valence-electron chi connectivity index (χ4n) is 4.20. The number of nitrogens with two attached hydrogens (primary N) is 1. The number of carbonyl (C=O) groups is 1. The molecule has 160 valence electrons. The minimum absolute atomic E-state index is 0.0906. The topological polar surface area (TPSA) is 98.1 Å². The largest absolute Gasteiger partial charge is 0.421 e. The van der Waals surface area contributed by atoms with Gasteiger partial charge in [0, 0.05) is 37.1 Å². The molecular weight excluding hydrogens is 402 g/mol. The van der Waals surface area contributed by atoms with E-state index in [4.69, 9.17) is 10.2 Å². The van der Waals surface area contributed by atoms with E-state index in [-0.39, 0.29) is 5.91 Å². The first-order chi connectivity index (χ1) is 15.6.